The summed E-state index contributed by atoms with van der Waals surface area (Å²) in [5.41, 5.74) is 0.997. The number of halogens is 1. The molecule has 1 amide bonds. The third-order valence-electron chi connectivity index (χ3n) is 5.50. The summed E-state index contributed by atoms with van der Waals surface area (Å²) in [6, 6.07) is 14.0. The molecule has 2 aromatic carbocycles. The van der Waals surface area contributed by atoms with E-state index in [1.807, 2.05) is 28.8 Å². The molecule has 0 aliphatic carbocycles. The Balaban J connectivity index is 1.60. The summed E-state index contributed by atoms with van der Waals surface area (Å²) in [6.07, 6.45) is 1.22. The Morgan fingerprint density at radius 2 is 1.97 bits per heavy atom. The van der Waals surface area contributed by atoms with Gasteiger partial charge < -0.3 is 9.30 Å². The highest BCUT2D eigenvalue weighted by atomic mass is 35.5. The second-order valence-electron chi connectivity index (χ2n) is 7.60. The SMILES string of the molecule is COCCn1c(=NC(=O)C2CCCN(S(=O)(=O)c3ccc(Cl)cc3)C2)sc2ccccc21. The molecule has 0 spiro atoms. The van der Waals surface area contributed by atoms with E-state index in [1.54, 1.807) is 19.2 Å². The third kappa shape index (κ3) is 4.82. The molecule has 1 saturated heterocycles. The number of hydrogen-bond donors (Lipinski definition) is 0. The molecule has 1 aliphatic heterocycles. The summed E-state index contributed by atoms with van der Waals surface area (Å²) in [5.74, 6) is -0.773. The number of sulfonamides is 1. The van der Waals surface area contributed by atoms with Gasteiger partial charge >= 0.3 is 0 Å². The van der Waals surface area contributed by atoms with E-state index in [-0.39, 0.29) is 17.3 Å². The van der Waals surface area contributed by atoms with E-state index in [4.69, 9.17) is 16.3 Å². The average Bonchev–Trinajstić information content (AvgIpc) is 3.14. The van der Waals surface area contributed by atoms with Gasteiger partial charge in [-0.25, -0.2) is 8.42 Å². The lowest BCUT2D eigenvalue weighted by Crippen LogP contribution is -2.42. The number of nitrogens with zero attached hydrogens (tertiary/aromatic N) is 3. The number of fused-ring (bicyclic) bond motifs is 1. The minimum absolute atomic E-state index is 0.121. The van der Waals surface area contributed by atoms with Crippen LogP contribution in [0.4, 0.5) is 0 Å². The van der Waals surface area contributed by atoms with Gasteiger partial charge in [-0.3, -0.25) is 4.79 Å². The highest BCUT2D eigenvalue weighted by Gasteiger charge is 2.33. The van der Waals surface area contributed by atoms with Crippen molar-refractivity contribution in [2.45, 2.75) is 24.3 Å². The molecule has 32 heavy (non-hydrogen) atoms. The van der Waals surface area contributed by atoms with Gasteiger partial charge in [-0.05, 0) is 49.2 Å². The van der Waals surface area contributed by atoms with Crippen LogP contribution < -0.4 is 4.80 Å². The van der Waals surface area contributed by atoms with Gasteiger partial charge in [0.05, 0.1) is 27.6 Å². The fourth-order valence-electron chi connectivity index (χ4n) is 3.81. The predicted octanol–water partition coefficient (Wildman–Crippen LogP) is 3.53. The Hall–Kier alpha value is -2.04. The molecule has 1 fully saturated rings. The zero-order chi connectivity index (χ0) is 22.7. The first-order valence-corrected chi connectivity index (χ1v) is 12.9. The summed E-state index contributed by atoms with van der Waals surface area (Å²) in [6.45, 7) is 1.58. The largest absolute Gasteiger partial charge is 0.383 e. The highest BCUT2D eigenvalue weighted by molar-refractivity contribution is 7.89. The number of methoxy groups -OCH3 is 1. The van der Waals surface area contributed by atoms with Gasteiger partial charge in [0, 0.05) is 31.8 Å². The first-order valence-electron chi connectivity index (χ1n) is 10.3. The van der Waals surface area contributed by atoms with Crippen molar-refractivity contribution in [2.24, 2.45) is 10.9 Å². The molecule has 1 unspecified atom stereocenters. The molecule has 2 heterocycles. The van der Waals surface area contributed by atoms with Crippen molar-refractivity contribution in [3.8, 4) is 0 Å². The Bertz CT molecular complexity index is 1280. The van der Waals surface area contributed by atoms with E-state index in [9.17, 15) is 13.2 Å². The lowest BCUT2D eigenvalue weighted by Gasteiger charge is -2.30. The number of carbonyl (C=O) groups excluding carboxylic acids is 1. The molecule has 3 aromatic rings. The third-order valence-corrected chi connectivity index (χ3v) is 8.69. The number of thiazole rings is 1. The van der Waals surface area contributed by atoms with E-state index in [2.05, 4.69) is 4.99 Å². The van der Waals surface area contributed by atoms with E-state index in [0.29, 0.717) is 42.4 Å². The Morgan fingerprint density at radius 3 is 2.72 bits per heavy atom. The summed E-state index contributed by atoms with van der Waals surface area (Å²) in [4.78, 5) is 18.3. The number of para-hydroxylation sites is 1. The second kappa shape index (κ2) is 9.84. The molecule has 0 bridgehead atoms. The van der Waals surface area contributed by atoms with E-state index < -0.39 is 15.9 Å². The Morgan fingerprint density at radius 1 is 1.22 bits per heavy atom. The Labute approximate surface area is 196 Å². The Kier molecular flexibility index (Phi) is 7.11. The van der Waals surface area contributed by atoms with Crippen molar-refractivity contribution in [3.05, 3.63) is 58.4 Å². The normalized spacial score (nSPS) is 18.3. The van der Waals surface area contributed by atoms with Crippen LogP contribution in [0.2, 0.25) is 5.02 Å². The van der Waals surface area contributed by atoms with Crippen LogP contribution >= 0.6 is 22.9 Å². The molecule has 0 radical (unpaired) electrons. The van der Waals surface area contributed by atoms with Gasteiger partial charge in [0.2, 0.25) is 10.0 Å². The number of benzene rings is 2. The van der Waals surface area contributed by atoms with Crippen molar-refractivity contribution in [3.63, 3.8) is 0 Å². The molecular formula is C22H24ClN3O4S2. The van der Waals surface area contributed by atoms with Crippen LogP contribution in [0.3, 0.4) is 0 Å². The van der Waals surface area contributed by atoms with Gasteiger partial charge in [-0.2, -0.15) is 9.30 Å². The summed E-state index contributed by atoms with van der Waals surface area (Å²) >= 11 is 7.34. The van der Waals surface area contributed by atoms with E-state index in [1.165, 1.54) is 27.8 Å². The van der Waals surface area contributed by atoms with Gasteiger partial charge in [-0.15, -0.1) is 0 Å². The first-order chi connectivity index (χ1) is 15.4. The average molecular weight is 494 g/mol. The zero-order valence-corrected chi connectivity index (χ0v) is 20.0. The van der Waals surface area contributed by atoms with Crippen LogP contribution in [0.1, 0.15) is 12.8 Å². The topological polar surface area (TPSA) is 81.0 Å². The van der Waals surface area contributed by atoms with Crippen LogP contribution in [0.25, 0.3) is 10.2 Å². The number of piperidine rings is 1. The predicted molar refractivity (Wildman–Crippen MR) is 125 cm³/mol. The fourth-order valence-corrected chi connectivity index (χ4v) is 6.52. The second-order valence-corrected chi connectivity index (χ2v) is 11.0. The monoisotopic (exact) mass is 493 g/mol. The molecule has 1 aliphatic rings. The maximum atomic E-state index is 13.1. The number of hydrogen-bond acceptors (Lipinski definition) is 5. The van der Waals surface area contributed by atoms with Crippen molar-refractivity contribution < 1.29 is 17.9 Å². The van der Waals surface area contributed by atoms with E-state index in [0.717, 1.165) is 10.2 Å². The minimum Gasteiger partial charge on any atom is -0.383 e. The molecule has 4 rings (SSSR count). The minimum atomic E-state index is -3.70. The van der Waals surface area contributed by atoms with Crippen molar-refractivity contribution in [1.82, 2.24) is 8.87 Å². The number of carbonyl (C=O) groups is 1. The number of rotatable bonds is 6. The molecule has 1 atom stereocenters. The molecule has 10 heteroatoms. The summed E-state index contributed by atoms with van der Waals surface area (Å²) in [7, 11) is -2.06. The molecule has 7 nitrogen and oxygen atoms in total. The van der Waals surface area contributed by atoms with Gasteiger partial charge in [0.25, 0.3) is 5.91 Å². The zero-order valence-electron chi connectivity index (χ0n) is 17.6. The van der Waals surface area contributed by atoms with Gasteiger partial charge in [-0.1, -0.05) is 35.1 Å². The molecule has 0 N–H and O–H groups in total. The highest BCUT2D eigenvalue weighted by Crippen LogP contribution is 2.25. The first kappa shape index (κ1) is 23.1. The van der Waals surface area contributed by atoms with Crippen molar-refractivity contribution in [1.29, 1.82) is 0 Å². The standard InChI is InChI=1S/C22H24ClN3O4S2/c1-30-14-13-26-19-6-2-3-7-20(19)31-22(26)24-21(27)16-5-4-12-25(15-16)32(28,29)18-10-8-17(23)9-11-18/h2-3,6-11,16H,4-5,12-15H2,1H3. The lowest BCUT2D eigenvalue weighted by atomic mass is 9.99. The van der Waals surface area contributed by atoms with Crippen LogP contribution in [-0.4, -0.2) is 50.0 Å². The van der Waals surface area contributed by atoms with Crippen molar-refractivity contribution >= 4 is 49.1 Å². The van der Waals surface area contributed by atoms with Gasteiger partial charge in [0.15, 0.2) is 4.80 Å². The smallest absolute Gasteiger partial charge is 0.252 e. The summed E-state index contributed by atoms with van der Waals surface area (Å²) in [5, 5.41) is 0.472. The van der Waals surface area contributed by atoms with Crippen LogP contribution in [-0.2, 0) is 26.1 Å². The maximum absolute atomic E-state index is 13.1. The lowest BCUT2D eigenvalue weighted by molar-refractivity contribution is -0.122. The van der Waals surface area contributed by atoms with Gasteiger partial charge in [0.1, 0.15) is 0 Å². The number of ether oxygens (including phenoxy) is 1. The van der Waals surface area contributed by atoms with Crippen LogP contribution in [0.15, 0.2) is 58.4 Å². The molecule has 170 valence electrons. The van der Waals surface area contributed by atoms with Crippen LogP contribution in [0.5, 0.6) is 0 Å². The molecule has 1 aromatic heterocycles. The van der Waals surface area contributed by atoms with E-state index >= 15 is 0 Å². The fraction of sp³-hybridized carbons (Fsp3) is 0.364. The number of amides is 1. The van der Waals surface area contributed by atoms with Crippen molar-refractivity contribution in [2.75, 3.05) is 26.8 Å². The van der Waals surface area contributed by atoms with Crippen LogP contribution in [0, 0.1) is 5.92 Å². The molecular weight excluding hydrogens is 470 g/mol. The number of aromatic nitrogens is 1. The summed E-state index contributed by atoms with van der Waals surface area (Å²) < 4.78 is 35.7. The quantitative estimate of drug-likeness (QED) is 0.526. The maximum Gasteiger partial charge on any atom is 0.252 e. The molecule has 0 saturated carbocycles.